The van der Waals surface area contributed by atoms with Crippen LogP contribution in [-0.2, 0) is 5.41 Å². The van der Waals surface area contributed by atoms with Crippen LogP contribution in [0, 0.1) is 5.82 Å². The number of aromatic nitrogens is 2. The molecule has 6 heteroatoms. The van der Waals surface area contributed by atoms with Gasteiger partial charge in [-0.05, 0) is 12.1 Å². The van der Waals surface area contributed by atoms with Gasteiger partial charge < -0.3 is 11.1 Å². The number of nitrogens with two attached hydrogens (primary N) is 1. The maximum absolute atomic E-state index is 13.3. The number of nitrogens with one attached hydrogen (secondary N) is 2. The first-order chi connectivity index (χ1) is 9.29. The van der Waals surface area contributed by atoms with Gasteiger partial charge in [-0.3, -0.25) is 9.89 Å². The number of hydrogen-bond acceptors (Lipinski definition) is 3. The Labute approximate surface area is 116 Å². The standard InChI is InChI=1S/C14H17FN4O/c1-14(2,3)10-7-11(19-18-10)17-13(20)8-5-4-6-9(15)12(8)16/h4-7H,16H2,1-3H3,(H2,17,18,19,20). The summed E-state index contributed by atoms with van der Waals surface area (Å²) in [5.41, 5.74) is 6.25. The number of halogens is 1. The predicted molar refractivity (Wildman–Crippen MR) is 76.1 cm³/mol. The molecule has 106 valence electrons. The minimum Gasteiger partial charge on any atom is -0.396 e. The van der Waals surface area contributed by atoms with Gasteiger partial charge in [-0.1, -0.05) is 26.8 Å². The van der Waals surface area contributed by atoms with E-state index in [1.54, 1.807) is 6.07 Å². The van der Waals surface area contributed by atoms with Gasteiger partial charge in [0.2, 0.25) is 0 Å². The fraction of sp³-hybridized carbons (Fsp3) is 0.286. The maximum Gasteiger partial charge on any atom is 0.259 e. The third-order valence-corrected chi connectivity index (χ3v) is 2.93. The predicted octanol–water partition coefficient (Wildman–Crippen LogP) is 2.68. The highest BCUT2D eigenvalue weighted by Gasteiger charge is 2.18. The van der Waals surface area contributed by atoms with Crippen LogP contribution in [0.1, 0.15) is 36.8 Å². The summed E-state index contributed by atoms with van der Waals surface area (Å²) in [6.45, 7) is 6.07. The summed E-state index contributed by atoms with van der Waals surface area (Å²) in [5.74, 6) is -0.729. The molecule has 0 radical (unpaired) electrons. The number of nitrogen functional groups attached to an aromatic ring is 1. The average Bonchev–Trinajstić information content (AvgIpc) is 2.81. The van der Waals surface area contributed by atoms with Gasteiger partial charge in [0, 0.05) is 17.2 Å². The number of H-pyrrole nitrogens is 1. The zero-order chi connectivity index (χ0) is 14.9. The Hall–Kier alpha value is -2.37. The van der Waals surface area contributed by atoms with E-state index in [1.165, 1.54) is 18.2 Å². The minimum atomic E-state index is -0.616. The van der Waals surface area contributed by atoms with Crippen molar-refractivity contribution in [1.29, 1.82) is 0 Å². The molecule has 2 aromatic rings. The number of aromatic amines is 1. The van der Waals surface area contributed by atoms with Crippen LogP contribution < -0.4 is 11.1 Å². The van der Waals surface area contributed by atoms with E-state index < -0.39 is 11.7 Å². The van der Waals surface area contributed by atoms with Crippen molar-refractivity contribution in [3.8, 4) is 0 Å². The lowest BCUT2D eigenvalue weighted by molar-refractivity contribution is 0.102. The molecule has 2 rings (SSSR count). The van der Waals surface area contributed by atoms with Crippen molar-refractivity contribution in [2.24, 2.45) is 0 Å². The van der Waals surface area contributed by atoms with Crippen LogP contribution in [0.3, 0.4) is 0 Å². The highest BCUT2D eigenvalue weighted by Crippen LogP contribution is 2.23. The van der Waals surface area contributed by atoms with Crippen molar-refractivity contribution >= 4 is 17.4 Å². The molecule has 0 aliphatic rings. The SMILES string of the molecule is CC(C)(C)c1cc(NC(=O)c2cccc(F)c2N)n[nH]1. The largest absolute Gasteiger partial charge is 0.396 e. The van der Waals surface area contributed by atoms with Gasteiger partial charge in [0.15, 0.2) is 5.82 Å². The molecule has 0 atom stereocenters. The van der Waals surface area contributed by atoms with Gasteiger partial charge in [0.25, 0.3) is 5.91 Å². The Morgan fingerprint density at radius 3 is 2.70 bits per heavy atom. The number of para-hydroxylation sites is 1. The van der Waals surface area contributed by atoms with Gasteiger partial charge in [0.1, 0.15) is 5.82 Å². The highest BCUT2D eigenvalue weighted by atomic mass is 19.1. The maximum atomic E-state index is 13.3. The van der Waals surface area contributed by atoms with Crippen molar-refractivity contribution in [2.75, 3.05) is 11.1 Å². The summed E-state index contributed by atoms with van der Waals surface area (Å²) in [7, 11) is 0. The molecular weight excluding hydrogens is 259 g/mol. The molecule has 0 spiro atoms. The number of hydrogen-bond donors (Lipinski definition) is 3. The molecule has 0 aliphatic carbocycles. The lowest BCUT2D eigenvalue weighted by Crippen LogP contribution is -2.15. The average molecular weight is 276 g/mol. The van der Waals surface area contributed by atoms with E-state index in [1.807, 2.05) is 20.8 Å². The van der Waals surface area contributed by atoms with Crippen molar-refractivity contribution in [1.82, 2.24) is 10.2 Å². The summed E-state index contributed by atoms with van der Waals surface area (Å²) in [5, 5.41) is 9.46. The van der Waals surface area contributed by atoms with Crippen molar-refractivity contribution in [3.63, 3.8) is 0 Å². The first kappa shape index (κ1) is 14.0. The molecule has 0 unspecified atom stereocenters. The Morgan fingerprint density at radius 2 is 2.10 bits per heavy atom. The van der Waals surface area contributed by atoms with Crippen LogP contribution in [0.25, 0.3) is 0 Å². The van der Waals surface area contributed by atoms with Gasteiger partial charge in [-0.15, -0.1) is 0 Å². The Morgan fingerprint density at radius 1 is 1.40 bits per heavy atom. The molecule has 4 N–H and O–H groups in total. The first-order valence-corrected chi connectivity index (χ1v) is 6.20. The smallest absolute Gasteiger partial charge is 0.259 e. The molecule has 0 fully saturated rings. The van der Waals surface area contributed by atoms with Crippen LogP contribution >= 0.6 is 0 Å². The fourth-order valence-corrected chi connectivity index (χ4v) is 1.69. The van der Waals surface area contributed by atoms with Crippen molar-refractivity contribution in [3.05, 3.63) is 41.3 Å². The summed E-state index contributed by atoms with van der Waals surface area (Å²) in [6.07, 6.45) is 0. The molecule has 5 nitrogen and oxygen atoms in total. The summed E-state index contributed by atoms with van der Waals surface area (Å²) < 4.78 is 13.3. The van der Waals surface area contributed by atoms with Crippen molar-refractivity contribution < 1.29 is 9.18 Å². The molecular formula is C14H17FN4O. The second-order valence-electron chi connectivity index (χ2n) is 5.57. The van der Waals surface area contributed by atoms with Crippen LogP contribution in [0.5, 0.6) is 0 Å². The zero-order valence-electron chi connectivity index (χ0n) is 11.6. The van der Waals surface area contributed by atoms with Crippen LogP contribution in [-0.4, -0.2) is 16.1 Å². The molecule has 1 aromatic carbocycles. The quantitative estimate of drug-likeness (QED) is 0.737. The van der Waals surface area contributed by atoms with E-state index in [9.17, 15) is 9.18 Å². The number of anilines is 2. The van der Waals surface area contributed by atoms with Gasteiger partial charge in [-0.2, -0.15) is 5.10 Å². The first-order valence-electron chi connectivity index (χ1n) is 6.20. The summed E-state index contributed by atoms with van der Waals surface area (Å²) in [4.78, 5) is 12.0. The highest BCUT2D eigenvalue weighted by molar-refractivity contribution is 6.07. The molecule has 0 saturated carbocycles. The Bertz CT molecular complexity index is 643. The second kappa shape index (κ2) is 4.96. The van der Waals surface area contributed by atoms with Crippen LogP contribution in [0.15, 0.2) is 24.3 Å². The van der Waals surface area contributed by atoms with Crippen LogP contribution in [0.2, 0.25) is 0 Å². The van der Waals surface area contributed by atoms with Crippen molar-refractivity contribution in [2.45, 2.75) is 26.2 Å². The molecule has 0 bridgehead atoms. The molecule has 0 saturated heterocycles. The Kier molecular flexibility index (Phi) is 3.48. The van der Waals surface area contributed by atoms with E-state index in [4.69, 9.17) is 5.73 Å². The van der Waals surface area contributed by atoms with E-state index >= 15 is 0 Å². The summed E-state index contributed by atoms with van der Waals surface area (Å²) >= 11 is 0. The number of amides is 1. The van der Waals surface area contributed by atoms with E-state index in [0.29, 0.717) is 5.82 Å². The molecule has 1 amide bonds. The number of nitrogens with zero attached hydrogens (tertiary/aromatic N) is 1. The lowest BCUT2D eigenvalue weighted by atomic mass is 9.92. The lowest BCUT2D eigenvalue weighted by Gasteiger charge is -2.14. The topological polar surface area (TPSA) is 83.8 Å². The number of benzene rings is 1. The molecule has 0 aliphatic heterocycles. The normalized spacial score (nSPS) is 11.4. The van der Waals surface area contributed by atoms with Gasteiger partial charge in [-0.25, -0.2) is 4.39 Å². The van der Waals surface area contributed by atoms with E-state index in [0.717, 1.165) is 5.69 Å². The van der Waals surface area contributed by atoms with Gasteiger partial charge >= 0.3 is 0 Å². The third kappa shape index (κ3) is 2.79. The Balaban J connectivity index is 2.20. The second-order valence-corrected chi connectivity index (χ2v) is 5.57. The molecule has 1 heterocycles. The zero-order valence-corrected chi connectivity index (χ0v) is 11.6. The number of carbonyl (C=O) groups excluding carboxylic acids is 1. The van der Waals surface area contributed by atoms with E-state index in [2.05, 4.69) is 15.5 Å². The summed E-state index contributed by atoms with van der Waals surface area (Å²) in [6, 6.07) is 5.85. The van der Waals surface area contributed by atoms with E-state index in [-0.39, 0.29) is 16.7 Å². The molecule has 1 aromatic heterocycles. The number of rotatable bonds is 2. The third-order valence-electron chi connectivity index (χ3n) is 2.93. The monoisotopic (exact) mass is 276 g/mol. The number of carbonyl (C=O) groups is 1. The van der Waals surface area contributed by atoms with Crippen LogP contribution in [0.4, 0.5) is 15.9 Å². The molecule has 20 heavy (non-hydrogen) atoms. The fourth-order valence-electron chi connectivity index (χ4n) is 1.69. The van der Waals surface area contributed by atoms with Gasteiger partial charge in [0.05, 0.1) is 11.3 Å². The minimum absolute atomic E-state index is 0.0882.